The molecule has 5 heteroatoms. The highest BCUT2D eigenvalue weighted by molar-refractivity contribution is 5.40. The highest BCUT2D eigenvalue weighted by Gasteiger charge is 2.31. The predicted octanol–water partition coefficient (Wildman–Crippen LogP) is 3.76. The van der Waals surface area contributed by atoms with E-state index in [1.165, 1.54) is 13.2 Å². The molecule has 0 bridgehead atoms. The van der Waals surface area contributed by atoms with Crippen LogP contribution in [0.1, 0.15) is 37.4 Å². The minimum absolute atomic E-state index is 0.193. The third-order valence-electron chi connectivity index (χ3n) is 2.69. The Labute approximate surface area is 105 Å². The molecule has 18 heavy (non-hydrogen) atoms. The molecular formula is C13H18F3NO. The number of ether oxygens (including phenoxy) is 1. The third kappa shape index (κ3) is 3.63. The van der Waals surface area contributed by atoms with E-state index < -0.39 is 11.7 Å². The zero-order valence-corrected chi connectivity index (χ0v) is 10.7. The molecule has 0 unspecified atom stereocenters. The van der Waals surface area contributed by atoms with Crippen molar-refractivity contribution < 1.29 is 17.9 Å². The molecule has 2 nitrogen and oxygen atoms in total. The van der Waals surface area contributed by atoms with Gasteiger partial charge < -0.3 is 10.5 Å². The molecule has 0 aromatic heterocycles. The van der Waals surface area contributed by atoms with Gasteiger partial charge in [0.15, 0.2) is 0 Å². The molecule has 102 valence electrons. The van der Waals surface area contributed by atoms with Crippen molar-refractivity contribution in [3.05, 3.63) is 29.3 Å². The van der Waals surface area contributed by atoms with Crippen molar-refractivity contribution in [1.29, 1.82) is 0 Å². The summed E-state index contributed by atoms with van der Waals surface area (Å²) in [4.78, 5) is 0. The van der Waals surface area contributed by atoms with Crippen molar-refractivity contribution in [3.8, 4) is 5.75 Å². The summed E-state index contributed by atoms with van der Waals surface area (Å²) >= 11 is 0. The van der Waals surface area contributed by atoms with Crippen LogP contribution in [0.4, 0.5) is 13.2 Å². The van der Waals surface area contributed by atoms with E-state index in [9.17, 15) is 13.2 Å². The van der Waals surface area contributed by atoms with E-state index in [0.29, 0.717) is 17.9 Å². The first kappa shape index (κ1) is 14.8. The Bertz CT molecular complexity index is 402. The normalized spacial score (nSPS) is 13.8. The minimum atomic E-state index is -4.37. The molecule has 0 heterocycles. The molecule has 1 atom stereocenters. The van der Waals surface area contributed by atoms with Gasteiger partial charge in [-0.05, 0) is 24.5 Å². The second-order valence-corrected chi connectivity index (χ2v) is 4.69. The van der Waals surface area contributed by atoms with Crippen LogP contribution in [0.2, 0.25) is 0 Å². The van der Waals surface area contributed by atoms with Gasteiger partial charge in [0.2, 0.25) is 0 Å². The molecule has 2 N–H and O–H groups in total. The zero-order valence-electron chi connectivity index (χ0n) is 10.7. The fourth-order valence-corrected chi connectivity index (χ4v) is 1.83. The largest absolute Gasteiger partial charge is 0.496 e. The average molecular weight is 261 g/mol. The maximum absolute atomic E-state index is 12.6. The topological polar surface area (TPSA) is 35.2 Å². The lowest BCUT2D eigenvalue weighted by Gasteiger charge is -2.19. The van der Waals surface area contributed by atoms with E-state index in [1.54, 1.807) is 0 Å². The van der Waals surface area contributed by atoms with Crippen molar-refractivity contribution in [1.82, 2.24) is 0 Å². The van der Waals surface area contributed by atoms with Crippen LogP contribution in [0.5, 0.6) is 5.75 Å². The number of methoxy groups -OCH3 is 1. The van der Waals surface area contributed by atoms with Crippen molar-refractivity contribution in [3.63, 3.8) is 0 Å². The van der Waals surface area contributed by atoms with Gasteiger partial charge in [-0.2, -0.15) is 13.2 Å². The molecule has 0 spiro atoms. The molecule has 1 aromatic rings. The average Bonchev–Trinajstić information content (AvgIpc) is 2.26. The Morgan fingerprint density at radius 2 is 1.89 bits per heavy atom. The quantitative estimate of drug-likeness (QED) is 0.895. The van der Waals surface area contributed by atoms with Crippen molar-refractivity contribution >= 4 is 0 Å². The molecule has 0 radical (unpaired) electrons. The van der Waals surface area contributed by atoms with Crippen LogP contribution in [0.3, 0.4) is 0 Å². The zero-order chi connectivity index (χ0) is 13.9. The fraction of sp³-hybridized carbons (Fsp3) is 0.538. The minimum Gasteiger partial charge on any atom is -0.496 e. The number of nitrogens with two attached hydrogens (primary N) is 1. The molecule has 0 fully saturated rings. The van der Waals surface area contributed by atoms with Gasteiger partial charge >= 0.3 is 6.18 Å². The van der Waals surface area contributed by atoms with Crippen molar-refractivity contribution in [2.24, 2.45) is 11.7 Å². The summed E-state index contributed by atoms with van der Waals surface area (Å²) in [5.41, 5.74) is 5.86. The number of alkyl halides is 3. The van der Waals surface area contributed by atoms with Gasteiger partial charge in [0.25, 0.3) is 0 Å². The monoisotopic (exact) mass is 261 g/mol. The molecule has 0 aliphatic heterocycles. The van der Waals surface area contributed by atoms with Crippen LogP contribution in [0, 0.1) is 5.92 Å². The van der Waals surface area contributed by atoms with Crippen molar-refractivity contribution in [2.75, 3.05) is 7.11 Å². The van der Waals surface area contributed by atoms with Gasteiger partial charge in [-0.3, -0.25) is 0 Å². The Morgan fingerprint density at radius 1 is 1.28 bits per heavy atom. The summed E-state index contributed by atoms with van der Waals surface area (Å²) in [5, 5.41) is 0. The number of halogens is 3. The highest BCUT2D eigenvalue weighted by atomic mass is 19.4. The lowest BCUT2D eigenvalue weighted by Crippen LogP contribution is -2.15. The van der Waals surface area contributed by atoms with E-state index >= 15 is 0 Å². The number of hydrogen-bond donors (Lipinski definition) is 1. The van der Waals surface area contributed by atoms with E-state index in [0.717, 1.165) is 12.1 Å². The van der Waals surface area contributed by atoms with Gasteiger partial charge in [0.05, 0.1) is 12.7 Å². The van der Waals surface area contributed by atoms with E-state index in [1.807, 2.05) is 13.8 Å². The van der Waals surface area contributed by atoms with Gasteiger partial charge in [0.1, 0.15) is 5.75 Å². The molecular weight excluding hydrogens is 243 g/mol. The summed E-state index contributed by atoms with van der Waals surface area (Å²) in [6, 6.07) is 3.12. The number of hydrogen-bond acceptors (Lipinski definition) is 2. The second kappa shape index (κ2) is 5.61. The lowest BCUT2D eigenvalue weighted by atomic mass is 9.96. The molecule has 0 aliphatic rings. The number of benzene rings is 1. The van der Waals surface area contributed by atoms with Gasteiger partial charge in [-0.1, -0.05) is 19.9 Å². The van der Waals surface area contributed by atoms with E-state index in [-0.39, 0.29) is 11.8 Å². The van der Waals surface area contributed by atoms with Crippen LogP contribution in [0.15, 0.2) is 18.2 Å². The standard InChI is InChI=1S/C13H18F3NO/c1-8(2)6-11(17)10-5-4-9(13(14,15)16)7-12(10)18-3/h4-5,7-8,11H,6,17H2,1-3H3/t11-/m1/s1. The van der Waals surface area contributed by atoms with E-state index in [2.05, 4.69) is 0 Å². The summed E-state index contributed by atoms with van der Waals surface area (Å²) < 4.78 is 42.7. The summed E-state index contributed by atoms with van der Waals surface area (Å²) in [5.74, 6) is 0.560. The molecule has 0 aliphatic carbocycles. The predicted molar refractivity (Wildman–Crippen MR) is 64.4 cm³/mol. The Hall–Kier alpha value is -1.23. The van der Waals surface area contributed by atoms with Crippen molar-refractivity contribution in [2.45, 2.75) is 32.5 Å². The van der Waals surface area contributed by atoms with Gasteiger partial charge in [-0.25, -0.2) is 0 Å². The van der Waals surface area contributed by atoms with Crippen LogP contribution < -0.4 is 10.5 Å². The van der Waals surface area contributed by atoms with Crippen LogP contribution in [-0.4, -0.2) is 7.11 Å². The first-order valence-electron chi connectivity index (χ1n) is 5.76. The Balaban J connectivity index is 3.07. The molecule has 0 amide bonds. The Kier molecular flexibility index (Phi) is 4.62. The van der Waals surface area contributed by atoms with Crippen LogP contribution in [0.25, 0.3) is 0 Å². The smallest absolute Gasteiger partial charge is 0.416 e. The molecule has 0 saturated carbocycles. The number of rotatable bonds is 4. The first-order valence-corrected chi connectivity index (χ1v) is 5.76. The highest BCUT2D eigenvalue weighted by Crippen LogP contribution is 2.35. The second-order valence-electron chi connectivity index (χ2n) is 4.69. The molecule has 0 saturated heterocycles. The van der Waals surface area contributed by atoms with Gasteiger partial charge in [-0.15, -0.1) is 0 Å². The summed E-state index contributed by atoms with van der Waals surface area (Å²) in [6.45, 7) is 4.02. The Morgan fingerprint density at radius 3 is 2.33 bits per heavy atom. The fourth-order valence-electron chi connectivity index (χ4n) is 1.83. The summed E-state index contributed by atoms with van der Waals surface area (Å²) in [7, 11) is 1.35. The van der Waals surface area contributed by atoms with Crippen LogP contribution in [-0.2, 0) is 6.18 Å². The third-order valence-corrected chi connectivity index (χ3v) is 2.69. The molecule has 1 rings (SSSR count). The van der Waals surface area contributed by atoms with E-state index in [4.69, 9.17) is 10.5 Å². The van der Waals surface area contributed by atoms with Gasteiger partial charge in [0, 0.05) is 11.6 Å². The lowest BCUT2D eigenvalue weighted by molar-refractivity contribution is -0.137. The maximum atomic E-state index is 12.6. The maximum Gasteiger partial charge on any atom is 0.416 e. The SMILES string of the molecule is COc1cc(C(F)(F)F)ccc1[C@H](N)CC(C)C. The molecule has 1 aromatic carbocycles. The summed E-state index contributed by atoms with van der Waals surface area (Å²) in [6.07, 6.45) is -3.67. The first-order chi connectivity index (χ1) is 8.25. The van der Waals surface area contributed by atoms with Crippen LogP contribution >= 0.6 is 0 Å².